The van der Waals surface area contributed by atoms with Crippen LogP contribution in [0.4, 0.5) is 4.39 Å². The van der Waals surface area contributed by atoms with E-state index in [1.807, 2.05) is 37.8 Å². The number of amides is 2. The molecule has 0 saturated carbocycles. The summed E-state index contributed by atoms with van der Waals surface area (Å²) in [4.78, 5) is 28.8. The van der Waals surface area contributed by atoms with Gasteiger partial charge < -0.3 is 14.2 Å². The number of nitrogens with zero attached hydrogens (tertiary/aromatic N) is 4. The summed E-state index contributed by atoms with van der Waals surface area (Å²) in [5, 5.41) is 9.15. The molecule has 0 bridgehead atoms. The lowest BCUT2D eigenvalue weighted by Crippen LogP contribution is -2.56. The zero-order valence-electron chi connectivity index (χ0n) is 19.4. The Balaban J connectivity index is 1.32. The molecule has 0 spiro atoms. The lowest BCUT2D eigenvalue weighted by atomic mass is 10.1. The van der Waals surface area contributed by atoms with E-state index in [1.54, 1.807) is 29.2 Å². The minimum Gasteiger partial charge on any atom is -0.455 e. The highest BCUT2D eigenvalue weighted by molar-refractivity contribution is 7.98. The Morgan fingerprint density at radius 1 is 1.09 bits per heavy atom. The molecule has 0 aliphatic carbocycles. The van der Waals surface area contributed by atoms with Crippen molar-refractivity contribution in [2.75, 3.05) is 19.6 Å². The second kappa shape index (κ2) is 10.4. The number of thioether (sulfide) groups is 1. The van der Waals surface area contributed by atoms with Crippen molar-refractivity contribution in [2.45, 2.75) is 37.6 Å². The van der Waals surface area contributed by atoms with Crippen LogP contribution in [0.15, 0.2) is 58.0 Å². The van der Waals surface area contributed by atoms with Crippen LogP contribution >= 0.6 is 11.8 Å². The summed E-state index contributed by atoms with van der Waals surface area (Å²) in [7, 11) is 0. The summed E-state index contributed by atoms with van der Waals surface area (Å²) in [6.45, 7) is 7.24. The minimum atomic E-state index is -0.293. The minimum absolute atomic E-state index is 0.0333. The number of aromatic nitrogens is 2. The van der Waals surface area contributed by atoms with Crippen LogP contribution < -0.4 is 0 Å². The Bertz CT molecular complexity index is 1150. The fourth-order valence-corrected chi connectivity index (χ4v) is 4.55. The third-order valence-electron chi connectivity index (χ3n) is 5.71. The molecule has 0 N–H and O–H groups in total. The first kappa shape index (κ1) is 23.9. The number of carbonyl (C=O) groups is 2. The van der Waals surface area contributed by atoms with Gasteiger partial charge in [0.25, 0.3) is 5.91 Å². The molecule has 3 heterocycles. The normalized spacial score (nSPS) is 16.2. The van der Waals surface area contributed by atoms with Gasteiger partial charge in [0, 0.05) is 37.2 Å². The Morgan fingerprint density at radius 3 is 2.50 bits per heavy atom. The van der Waals surface area contributed by atoms with Crippen LogP contribution in [-0.2, 0) is 10.5 Å². The Hall–Kier alpha value is -3.20. The highest BCUT2D eigenvalue weighted by Gasteiger charge is 2.32. The lowest BCUT2D eigenvalue weighted by molar-refractivity contribution is -0.138. The largest absolute Gasteiger partial charge is 0.455 e. The molecule has 0 radical (unpaired) electrons. The zero-order chi connectivity index (χ0) is 24.2. The third-order valence-corrected chi connectivity index (χ3v) is 6.65. The predicted molar refractivity (Wildman–Crippen MR) is 128 cm³/mol. The number of furan rings is 1. The van der Waals surface area contributed by atoms with E-state index in [1.165, 1.54) is 23.9 Å². The van der Waals surface area contributed by atoms with Crippen molar-refractivity contribution in [1.82, 2.24) is 20.0 Å². The number of hydrogen-bond acceptors (Lipinski definition) is 6. The van der Waals surface area contributed by atoms with E-state index in [9.17, 15) is 14.0 Å². The van der Waals surface area contributed by atoms with Crippen LogP contribution in [0.3, 0.4) is 0 Å². The topological polar surface area (TPSA) is 79.5 Å². The second-order valence-corrected chi connectivity index (χ2v) is 9.60. The molecule has 1 fully saturated rings. The maximum atomic E-state index is 13.1. The van der Waals surface area contributed by atoms with Gasteiger partial charge in [0.2, 0.25) is 5.91 Å². The van der Waals surface area contributed by atoms with Gasteiger partial charge in [-0.2, -0.15) is 0 Å². The van der Waals surface area contributed by atoms with E-state index < -0.39 is 0 Å². The molecule has 1 atom stereocenters. The molecule has 34 heavy (non-hydrogen) atoms. The lowest BCUT2D eigenvalue weighted by Gasteiger charge is -2.40. The van der Waals surface area contributed by atoms with Crippen molar-refractivity contribution in [3.8, 4) is 11.3 Å². The van der Waals surface area contributed by atoms with Crippen LogP contribution in [-0.4, -0.2) is 57.5 Å². The number of rotatable bonds is 6. The van der Waals surface area contributed by atoms with Crippen LogP contribution in [0.1, 0.15) is 37.1 Å². The van der Waals surface area contributed by atoms with Gasteiger partial charge in [0.1, 0.15) is 16.6 Å². The molecule has 1 saturated heterocycles. The molecule has 1 aromatic carbocycles. The first-order chi connectivity index (χ1) is 16.3. The van der Waals surface area contributed by atoms with Gasteiger partial charge in [-0.3, -0.25) is 9.59 Å². The van der Waals surface area contributed by atoms with E-state index in [0.29, 0.717) is 42.6 Å². The molecule has 9 heteroatoms. The predicted octanol–water partition coefficient (Wildman–Crippen LogP) is 4.50. The summed E-state index contributed by atoms with van der Waals surface area (Å²) < 4.78 is 18.9. The van der Waals surface area contributed by atoms with E-state index in [2.05, 4.69) is 10.2 Å². The molecule has 1 aliphatic rings. The van der Waals surface area contributed by atoms with Gasteiger partial charge >= 0.3 is 0 Å². The molecule has 2 amide bonds. The summed E-state index contributed by atoms with van der Waals surface area (Å²) in [5.41, 5.74) is 1.46. The zero-order valence-corrected chi connectivity index (χ0v) is 20.2. The average molecular weight is 483 g/mol. The van der Waals surface area contributed by atoms with Crippen molar-refractivity contribution in [3.05, 3.63) is 65.9 Å². The molecule has 3 aromatic rings. The maximum Gasteiger partial charge on any atom is 0.289 e. The van der Waals surface area contributed by atoms with Gasteiger partial charge in [0.05, 0.1) is 11.4 Å². The summed E-state index contributed by atoms with van der Waals surface area (Å²) >= 11 is 1.45. The first-order valence-electron chi connectivity index (χ1n) is 11.2. The number of hydrogen-bond donors (Lipinski definition) is 0. The van der Waals surface area contributed by atoms with Gasteiger partial charge in [0.15, 0.2) is 5.76 Å². The van der Waals surface area contributed by atoms with Crippen LogP contribution in [0.25, 0.3) is 11.3 Å². The molecular formula is C25H27FN4O3S. The fraction of sp³-hybridized carbons (Fsp3) is 0.360. The molecular weight excluding hydrogens is 455 g/mol. The van der Waals surface area contributed by atoms with Crippen molar-refractivity contribution in [2.24, 2.45) is 5.92 Å². The standard InChI is InChI=1S/C25H27FN4O3S/c1-16(2)24(31)30-13-12-29(14-17(30)3)25(32)22-10-8-20(33-22)15-34-23-11-9-21(27-28-23)18-4-6-19(26)7-5-18/h4-11,16-17H,12-15H2,1-3H3. The van der Waals surface area contributed by atoms with Gasteiger partial charge in [-0.1, -0.05) is 25.6 Å². The Morgan fingerprint density at radius 2 is 1.85 bits per heavy atom. The number of carbonyl (C=O) groups excluding carboxylic acids is 2. The molecule has 4 rings (SSSR count). The Labute approximate surface area is 202 Å². The summed E-state index contributed by atoms with van der Waals surface area (Å²) in [6, 6.07) is 13.2. The van der Waals surface area contributed by atoms with E-state index in [-0.39, 0.29) is 29.6 Å². The Kier molecular flexibility index (Phi) is 7.31. The smallest absolute Gasteiger partial charge is 0.289 e. The highest BCUT2D eigenvalue weighted by Crippen LogP contribution is 2.25. The second-order valence-electron chi connectivity index (χ2n) is 8.60. The van der Waals surface area contributed by atoms with E-state index in [4.69, 9.17) is 4.42 Å². The molecule has 1 aliphatic heterocycles. The SMILES string of the molecule is CC(C)C(=O)N1CCN(C(=O)c2ccc(CSc3ccc(-c4ccc(F)cc4)nn3)o2)CC1C. The first-order valence-corrected chi connectivity index (χ1v) is 12.2. The molecule has 7 nitrogen and oxygen atoms in total. The number of piperazine rings is 1. The number of benzene rings is 1. The third kappa shape index (κ3) is 5.47. The quantitative estimate of drug-likeness (QED) is 0.482. The molecule has 1 unspecified atom stereocenters. The van der Waals surface area contributed by atoms with E-state index in [0.717, 1.165) is 10.6 Å². The molecule has 2 aromatic heterocycles. The summed E-state index contributed by atoms with van der Waals surface area (Å²) in [6.07, 6.45) is 0. The molecule has 178 valence electrons. The van der Waals surface area contributed by atoms with Crippen molar-refractivity contribution in [1.29, 1.82) is 0 Å². The van der Waals surface area contributed by atoms with Gasteiger partial charge in [-0.25, -0.2) is 4.39 Å². The fourth-order valence-electron chi connectivity index (χ4n) is 3.84. The van der Waals surface area contributed by atoms with Crippen molar-refractivity contribution < 1.29 is 18.4 Å². The monoisotopic (exact) mass is 482 g/mol. The van der Waals surface area contributed by atoms with Gasteiger partial charge in [-0.15, -0.1) is 10.2 Å². The highest BCUT2D eigenvalue weighted by atomic mass is 32.2. The van der Waals surface area contributed by atoms with Crippen molar-refractivity contribution in [3.63, 3.8) is 0 Å². The van der Waals surface area contributed by atoms with Crippen molar-refractivity contribution >= 4 is 23.6 Å². The van der Waals surface area contributed by atoms with Crippen LogP contribution in [0, 0.1) is 11.7 Å². The number of halogens is 1. The van der Waals surface area contributed by atoms with E-state index >= 15 is 0 Å². The van der Waals surface area contributed by atoms with Crippen LogP contribution in [0.2, 0.25) is 0 Å². The van der Waals surface area contributed by atoms with Crippen LogP contribution in [0.5, 0.6) is 0 Å². The average Bonchev–Trinajstić information content (AvgIpc) is 3.31. The maximum absolute atomic E-state index is 13.1. The summed E-state index contributed by atoms with van der Waals surface area (Å²) in [5.74, 6) is 1.07. The van der Waals surface area contributed by atoms with Gasteiger partial charge in [-0.05, 0) is 55.5 Å².